The van der Waals surface area contributed by atoms with Crippen molar-refractivity contribution in [2.24, 2.45) is 5.41 Å². The first kappa shape index (κ1) is 13.9. The number of hydrogen-bond acceptors (Lipinski definition) is 2. The van der Waals surface area contributed by atoms with Gasteiger partial charge in [0.25, 0.3) is 0 Å². The number of aliphatic hydroxyl groups is 2. The van der Waals surface area contributed by atoms with Crippen molar-refractivity contribution in [1.82, 2.24) is 0 Å². The normalized spacial score (nSPS) is 15.4. The number of unbranched alkanes of at least 4 members (excludes halogenated alkanes) is 2. The van der Waals surface area contributed by atoms with Crippen LogP contribution in [0.25, 0.3) is 0 Å². The van der Waals surface area contributed by atoms with Crippen molar-refractivity contribution in [2.75, 3.05) is 13.2 Å². The summed E-state index contributed by atoms with van der Waals surface area (Å²) in [6, 6.07) is 0. The van der Waals surface area contributed by atoms with Crippen LogP contribution in [0, 0.1) is 5.41 Å². The molecule has 0 saturated carbocycles. The van der Waals surface area contributed by atoms with E-state index in [4.69, 9.17) is 5.11 Å². The molecule has 2 heteroatoms. The van der Waals surface area contributed by atoms with Crippen molar-refractivity contribution in [3.8, 4) is 0 Å². The summed E-state index contributed by atoms with van der Waals surface area (Å²) in [5.74, 6) is 0. The molecule has 0 aromatic rings. The van der Waals surface area contributed by atoms with Crippen molar-refractivity contribution in [2.45, 2.75) is 58.8 Å². The fourth-order valence-corrected chi connectivity index (χ4v) is 1.91. The minimum atomic E-state index is 0.130. The molecular formula is C12H26O2. The Morgan fingerprint density at radius 3 is 2.00 bits per heavy atom. The van der Waals surface area contributed by atoms with Crippen LogP contribution in [0.5, 0.6) is 0 Å². The molecule has 0 bridgehead atoms. The van der Waals surface area contributed by atoms with E-state index in [2.05, 4.69) is 13.8 Å². The highest BCUT2D eigenvalue weighted by Crippen LogP contribution is 2.33. The van der Waals surface area contributed by atoms with E-state index in [-0.39, 0.29) is 12.0 Å². The van der Waals surface area contributed by atoms with Gasteiger partial charge in [-0.2, -0.15) is 0 Å². The van der Waals surface area contributed by atoms with Crippen LogP contribution in [0.2, 0.25) is 0 Å². The fraction of sp³-hybridized carbons (Fsp3) is 1.00. The summed E-state index contributed by atoms with van der Waals surface area (Å²) in [5, 5.41) is 18.2. The van der Waals surface area contributed by atoms with Crippen LogP contribution in [0.4, 0.5) is 0 Å². The Labute approximate surface area is 88.3 Å². The molecule has 0 radical (unpaired) electrons. The summed E-state index contributed by atoms with van der Waals surface area (Å²) >= 11 is 0. The summed E-state index contributed by atoms with van der Waals surface area (Å²) in [6.07, 6.45) is 7.54. The molecule has 0 rings (SSSR count). The molecule has 0 amide bonds. The van der Waals surface area contributed by atoms with Crippen molar-refractivity contribution in [1.29, 1.82) is 0 Å². The molecule has 0 aromatic carbocycles. The molecule has 14 heavy (non-hydrogen) atoms. The predicted octanol–water partition coefficient (Wildman–Crippen LogP) is 2.73. The lowest BCUT2D eigenvalue weighted by Crippen LogP contribution is -2.24. The van der Waals surface area contributed by atoms with Gasteiger partial charge < -0.3 is 10.2 Å². The molecule has 0 fully saturated rings. The van der Waals surface area contributed by atoms with E-state index >= 15 is 0 Å². The summed E-state index contributed by atoms with van der Waals surface area (Å²) in [4.78, 5) is 0. The molecule has 0 aliphatic carbocycles. The number of rotatable bonds is 9. The van der Waals surface area contributed by atoms with Crippen LogP contribution >= 0.6 is 0 Å². The fourth-order valence-electron chi connectivity index (χ4n) is 1.91. The monoisotopic (exact) mass is 202 g/mol. The van der Waals surface area contributed by atoms with Crippen LogP contribution in [-0.2, 0) is 0 Å². The first-order chi connectivity index (χ1) is 6.74. The summed E-state index contributed by atoms with van der Waals surface area (Å²) in [6.45, 7) is 4.92. The Balaban J connectivity index is 3.94. The maximum atomic E-state index is 9.44. The molecule has 2 nitrogen and oxygen atoms in total. The number of aliphatic hydroxyl groups excluding tert-OH is 2. The minimum Gasteiger partial charge on any atom is -0.396 e. The molecule has 0 aromatic heterocycles. The van der Waals surface area contributed by atoms with Crippen LogP contribution in [-0.4, -0.2) is 23.4 Å². The van der Waals surface area contributed by atoms with E-state index in [9.17, 15) is 5.11 Å². The van der Waals surface area contributed by atoms with Gasteiger partial charge in [-0.05, 0) is 31.1 Å². The summed E-state index contributed by atoms with van der Waals surface area (Å²) in [5.41, 5.74) is 0.130. The van der Waals surface area contributed by atoms with Crippen molar-refractivity contribution in [3.05, 3.63) is 0 Å². The van der Waals surface area contributed by atoms with Crippen molar-refractivity contribution in [3.63, 3.8) is 0 Å². The maximum absolute atomic E-state index is 9.44. The van der Waals surface area contributed by atoms with Gasteiger partial charge in [-0.1, -0.05) is 33.1 Å². The molecule has 0 aliphatic heterocycles. The van der Waals surface area contributed by atoms with Crippen LogP contribution in [0.3, 0.4) is 0 Å². The smallest absolute Gasteiger partial charge is 0.0487 e. The molecule has 0 heterocycles. The van der Waals surface area contributed by atoms with Gasteiger partial charge in [0, 0.05) is 13.2 Å². The quantitative estimate of drug-likeness (QED) is 0.564. The zero-order valence-corrected chi connectivity index (χ0v) is 9.76. The molecule has 0 aliphatic rings. The van der Waals surface area contributed by atoms with Crippen molar-refractivity contribution >= 4 is 0 Å². The third kappa shape index (κ3) is 4.97. The lowest BCUT2D eigenvalue weighted by molar-refractivity contribution is 0.0926. The summed E-state index contributed by atoms with van der Waals surface area (Å²) in [7, 11) is 0. The Bertz CT molecular complexity index is 119. The SMILES string of the molecule is CCCCC(CC)(CO)CCCCO. The minimum absolute atomic E-state index is 0.130. The number of hydrogen-bond donors (Lipinski definition) is 2. The molecule has 2 N–H and O–H groups in total. The largest absolute Gasteiger partial charge is 0.396 e. The van der Waals surface area contributed by atoms with Gasteiger partial charge in [0.2, 0.25) is 0 Å². The van der Waals surface area contributed by atoms with Crippen LogP contribution in [0.1, 0.15) is 58.8 Å². The maximum Gasteiger partial charge on any atom is 0.0487 e. The second-order valence-corrected chi connectivity index (χ2v) is 4.30. The zero-order valence-electron chi connectivity index (χ0n) is 9.76. The highest BCUT2D eigenvalue weighted by Gasteiger charge is 2.25. The topological polar surface area (TPSA) is 40.5 Å². The van der Waals surface area contributed by atoms with Crippen LogP contribution < -0.4 is 0 Å². The van der Waals surface area contributed by atoms with Gasteiger partial charge in [-0.15, -0.1) is 0 Å². The van der Waals surface area contributed by atoms with E-state index in [1.165, 1.54) is 12.8 Å². The second kappa shape index (κ2) is 8.25. The zero-order chi connectivity index (χ0) is 10.9. The average molecular weight is 202 g/mol. The molecule has 0 spiro atoms. The van der Waals surface area contributed by atoms with Gasteiger partial charge in [-0.25, -0.2) is 0 Å². The molecule has 86 valence electrons. The van der Waals surface area contributed by atoms with Gasteiger partial charge in [0.15, 0.2) is 0 Å². The molecule has 1 atom stereocenters. The Kier molecular flexibility index (Phi) is 8.20. The summed E-state index contributed by atoms with van der Waals surface area (Å²) < 4.78 is 0. The highest BCUT2D eigenvalue weighted by atomic mass is 16.3. The van der Waals surface area contributed by atoms with Crippen molar-refractivity contribution < 1.29 is 10.2 Å². The first-order valence-corrected chi connectivity index (χ1v) is 5.96. The Hall–Kier alpha value is -0.0800. The standard InChI is InChI=1S/C12H26O2/c1-3-5-8-12(4-2,11-14)9-6-7-10-13/h13-14H,3-11H2,1-2H3. The third-order valence-corrected chi connectivity index (χ3v) is 3.26. The van der Waals surface area contributed by atoms with Crippen LogP contribution in [0.15, 0.2) is 0 Å². The Morgan fingerprint density at radius 2 is 1.57 bits per heavy atom. The van der Waals surface area contributed by atoms with E-state index in [1.54, 1.807) is 0 Å². The van der Waals surface area contributed by atoms with Gasteiger partial charge in [-0.3, -0.25) is 0 Å². The van der Waals surface area contributed by atoms with E-state index in [1.807, 2.05) is 0 Å². The van der Waals surface area contributed by atoms with Gasteiger partial charge >= 0.3 is 0 Å². The molecular weight excluding hydrogens is 176 g/mol. The van der Waals surface area contributed by atoms with E-state index < -0.39 is 0 Å². The van der Waals surface area contributed by atoms with E-state index in [0.717, 1.165) is 32.1 Å². The highest BCUT2D eigenvalue weighted by molar-refractivity contribution is 4.76. The first-order valence-electron chi connectivity index (χ1n) is 5.96. The molecule has 1 unspecified atom stereocenters. The predicted molar refractivity (Wildman–Crippen MR) is 60.3 cm³/mol. The van der Waals surface area contributed by atoms with E-state index in [0.29, 0.717) is 6.61 Å². The van der Waals surface area contributed by atoms with Gasteiger partial charge in [0.05, 0.1) is 0 Å². The molecule has 0 saturated heterocycles. The average Bonchev–Trinajstić information content (AvgIpc) is 2.24. The second-order valence-electron chi connectivity index (χ2n) is 4.30. The third-order valence-electron chi connectivity index (χ3n) is 3.26. The lowest BCUT2D eigenvalue weighted by atomic mass is 9.77. The van der Waals surface area contributed by atoms with Gasteiger partial charge in [0.1, 0.15) is 0 Å². The Morgan fingerprint density at radius 1 is 0.929 bits per heavy atom. The lowest BCUT2D eigenvalue weighted by Gasteiger charge is -2.30.